The van der Waals surface area contributed by atoms with Crippen LogP contribution in [0.5, 0.6) is 5.75 Å². The summed E-state index contributed by atoms with van der Waals surface area (Å²) < 4.78 is 19.0. The summed E-state index contributed by atoms with van der Waals surface area (Å²) >= 11 is 0. The molecule has 4 nitrogen and oxygen atoms in total. The van der Waals surface area contributed by atoms with Gasteiger partial charge in [-0.15, -0.1) is 0 Å². The first-order chi connectivity index (χ1) is 12.6. The van der Waals surface area contributed by atoms with Crippen molar-refractivity contribution < 1.29 is 13.9 Å². The molecule has 3 aromatic rings. The van der Waals surface area contributed by atoms with E-state index >= 15 is 0 Å². The summed E-state index contributed by atoms with van der Waals surface area (Å²) in [6.45, 7) is 1.58. The molecule has 3 aromatic carbocycles. The molecule has 0 aliphatic carbocycles. The SMILES string of the molecule is C[C@H](Oc1ccccc1F)C(=O)Nc1ccc(Nc2ccccc2)cc1. The number of hydrogen-bond acceptors (Lipinski definition) is 3. The zero-order valence-corrected chi connectivity index (χ0v) is 14.3. The monoisotopic (exact) mass is 350 g/mol. The first-order valence-electron chi connectivity index (χ1n) is 8.26. The summed E-state index contributed by atoms with van der Waals surface area (Å²) in [6.07, 6.45) is -0.825. The minimum Gasteiger partial charge on any atom is -0.478 e. The Bertz CT molecular complexity index is 867. The molecule has 2 N–H and O–H groups in total. The van der Waals surface area contributed by atoms with Crippen molar-refractivity contribution in [1.29, 1.82) is 0 Å². The topological polar surface area (TPSA) is 50.4 Å². The van der Waals surface area contributed by atoms with E-state index in [0.29, 0.717) is 5.69 Å². The smallest absolute Gasteiger partial charge is 0.265 e. The van der Waals surface area contributed by atoms with Gasteiger partial charge in [0, 0.05) is 17.1 Å². The van der Waals surface area contributed by atoms with Crippen LogP contribution in [0.1, 0.15) is 6.92 Å². The van der Waals surface area contributed by atoms with Crippen LogP contribution >= 0.6 is 0 Å². The summed E-state index contributed by atoms with van der Waals surface area (Å²) in [6, 6.07) is 23.1. The van der Waals surface area contributed by atoms with E-state index in [-0.39, 0.29) is 11.7 Å². The van der Waals surface area contributed by atoms with E-state index in [1.807, 2.05) is 42.5 Å². The lowest BCUT2D eigenvalue weighted by Crippen LogP contribution is -2.30. The summed E-state index contributed by atoms with van der Waals surface area (Å²) in [5, 5.41) is 6.03. The maximum atomic E-state index is 13.6. The molecule has 0 heterocycles. The number of nitrogens with one attached hydrogen (secondary N) is 2. The van der Waals surface area contributed by atoms with Crippen LogP contribution < -0.4 is 15.4 Å². The average Bonchev–Trinajstić information content (AvgIpc) is 2.66. The van der Waals surface area contributed by atoms with Gasteiger partial charge in [0.2, 0.25) is 0 Å². The van der Waals surface area contributed by atoms with E-state index in [1.165, 1.54) is 12.1 Å². The number of rotatable bonds is 6. The van der Waals surface area contributed by atoms with Gasteiger partial charge >= 0.3 is 0 Å². The summed E-state index contributed by atoms with van der Waals surface area (Å²) in [4.78, 5) is 12.2. The van der Waals surface area contributed by atoms with Crippen LogP contribution in [0, 0.1) is 5.82 Å². The predicted molar refractivity (Wildman–Crippen MR) is 101 cm³/mol. The van der Waals surface area contributed by atoms with Crippen LogP contribution in [0.25, 0.3) is 0 Å². The Labute approximate surface area is 151 Å². The molecule has 0 unspecified atom stereocenters. The van der Waals surface area contributed by atoms with Crippen LogP contribution in [0.15, 0.2) is 78.9 Å². The zero-order valence-electron chi connectivity index (χ0n) is 14.3. The Hall–Kier alpha value is -3.34. The Balaban J connectivity index is 1.58. The van der Waals surface area contributed by atoms with Crippen molar-refractivity contribution in [1.82, 2.24) is 0 Å². The molecule has 0 radical (unpaired) electrons. The Morgan fingerprint density at radius 3 is 2.12 bits per heavy atom. The fraction of sp³-hybridized carbons (Fsp3) is 0.0952. The molecule has 0 bridgehead atoms. The molecule has 0 aromatic heterocycles. The molecule has 0 fully saturated rings. The van der Waals surface area contributed by atoms with Crippen molar-refractivity contribution in [3.05, 3.63) is 84.7 Å². The quantitative estimate of drug-likeness (QED) is 0.659. The van der Waals surface area contributed by atoms with Gasteiger partial charge in [-0.05, 0) is 55.5 Å². The fourth-order valence-corrected chi connectivity index (χ4v) is 2.35. The van der Waals surface area contributed by atoms with Crippen molar-refractivity contribution in [2.24, 2.45) is 0 Å². The van der Waals surface area contributed by atoms with Gasteiger partial charge in [-0.1, -0.05) is 30.3 Å². The molecule has 0 aliphatic rings. The number of hydrogen-bond donors (Lipinski definition) is 2. The summed E-state index contributed by atoms with van der Waals surface area (Å²) in [5.41, 5.74) is 2.53. The van der Waals surface area contributed by atoms with Crippen LogP contribution in [0.4, 0.5) is 21.5 Å². The molecule has 0 saturated heterocycles. The molecular weight excluding hydrogens is 331 g/mol. The second-order valence-electron chi connectivity index (χ2n) is 5.75. The van der Waals surface area contributed by atoms with E-state index in [1.54, 1.807) is 31.2 Å². The van der Waals surface area contributed by atoms with Gasteiger partial charge in [0.15, 0.2) is 17.7 Å². The molecule has 0 saturated carbocycles. The minimum absolute atomic E-state index is 0.0533. The summed E-state index contributed by atoms with van der Waals surface area (Å²) in [7, 11) is 0. The standard InChI is InChI=1S/C21H19FN2O2/c1-15(26-20-10-6-5-9-19(20)22)21(25)24-18-13-11-17(12-14-18)23-16-7-3-2-4-8-16/h2-15,23H,1H3,(H,24,25)/t15-/m0/s1. The molecule has 5 heteroatoms. The predicted octanol–water partition coefficient (Wildman–Crippen LogP) is 4.98. The lowest BCUT2D eigenvalue weighted by atomic mass is 10.2. The Morgan fingerprint density at radius 1 is 0.846 bits per heavy atom. The number of para-hydroxylation sites is 2. The summed E-state index contributed by atoms with van der Waals surface area (Å²) in [5.74, 6) is -0.793. The molecule has 0 spiro atoms. The van der Waals surface area contributed by atoms with Crippen LogP contribution in [0.3, 0.4) is 0 Å². The molecule has 3 rings (SSSR count). The highest BCUT2D eigenvalue weighted by Crippen LogP contribution is 2.20. The number of amides is 1. The lowest BCUT2D eigenvalue weighted by molar-refractivity contribution is -0.122. The second kappa shape index (κ2) is 8.16. The third kappa shape index (κ3) is 4.60. The van der Waals surface area contributed by atoms with E-state index in [0.717, 1.165) is 11.4 Å². The fourth-order valence-electron chi connectivity index (χ4n) is 2.35. The first kappa shape index (κ1) is 17.5. The molecule has 26 heavy (non-hydrogen) atoms. The van der Waals surface area contributed by atoms with E-state index in [2.05, 4.69) is 10.6 Å². The van der Waals surface area contributed by atoms with Crippen LogP contribution in [-0.4, -0.2) is 12.0 Å². The van der Waals surface area contributed by atoms with Gasteiger partial charge in [0.05, 0.1) is 0 Å². The molecular formula is C21H19FN2O2. The van der Waals surface area contributed by atoms with Crippen molar-refractivity contribution in [3.8, 4) is 5.75 Å². The zero-order chi connectivity index (χ0) is 18.4. The molecule has 132 valence electrons. The number of carbonyl (C=O) groups is 1. The van der Waals surface area contributed by atoms with Crippen molar-refractivity contribution in [2.45, 2.75) is 13.0 Å². The Kier molecular flexibility index (Phi) is 5.49. The van der Waals surface area contributed by atoms with Gasteiger partial charge in [-0.3, -0.25) is 4.79 Å². The number of anilines is 3. The highest BCUT2D eigenvalue weighted by atomic mass is 19.1. The number of halogens is 1. The maximum absolute atomic E-state index is 13.6. The number of carbonyl (C=O) groups excluding carboxylic acids is 1. The van der Waals surface area contributed by atoms with Crippen molar-refractivity contribution in [2.75, 3.05) is 10.6 Å². The normalized spacial score (nSPS) is 11.5. The molecule has 1 atom stereocenters. The minimum atomic E-state index is -0.825. The van der Waals surface area contributed by atoms with Gasteiger partial charge in [-0.2, -0.15) is 0 Å². The number of benzene rings is 3. The Morgan fingerprint density at radius 2 is 1.42 bits per heavy atom. The van der Waals surface area contributed by atoms with Crippen molar-refractivity contribution in [3.63, 3.8) is 0 Å². The van der Waals surface area contributed by atoms with Gasteiger partial charge in [0.25, 0.3) is 5.91 Å². The number of ether oxygens (including phenoxy) is 1. The third-order valence-electron chi connectivity index (χ3n) is 3.72. The average molecular weight is 350 g/mol. The van der Waals surface area contributed by atoms with Crippen LogP contribution in [-0.2, 0) is 4.79 Å². The van der Waals surface area contributed by atoms with Crippen molar-refractivity contribution >= 4 is 23.0 Å². The largest absolute Gasteiger partial charge is 0.478 e. The van der Waals surface area contributed by atoms with E-state index in [9.17, 15) is 9.18 Å². The lowest BCUT2D eigenvalue weighted by Gasteiger charge is -2.15. The molecule has 1 amide bonds. The van der Waals surface area contributed by atoms with Gasteiger partial charge < -0.3 is 15.4 Å². The maximum Gasteiger partial charge on any atom is 0.265 e. The van der Waals surface area contributed by atoms with E-state index < -0.39 is 11.9 Å². The van der Waals surface area contributed by atoms with E-state index in [4.69, 9.17) is 4.74 Å². The third-order valence-corrected chi connectivity index (χ3v) is 3.72. The highest BCUT2D eigenvalue weighted by molar-refractivity contribution is 5.94. The highest BCUT2D eigenvalue weighted by Gasteiger charge is 2.16. The second-order valence-corrected chi connectivity index (χ2v) is 5.75. The first-order valence-corrected chi connectivity index (χ1v) is 8.26. The molecule has 0 aliphatic heterocycles. The van der Waals surface area contributed by atoms with Gasteiger partial charge in [-0.25, -0.2) is 4.39 Å². The van der Waals surface area contributed by atoms with Gasteiger partial charge in [0.1, 0.15) is 0 Å². The van der Waals surface area contributed by atoms with Crippen LogP contribution in [0.2, 0.25) is 0 Å².